The Balaban J connectivity index is 2.88. The van der Waals surface area contributed by atoms with E-state index in [-0.39, 0.29) is 12.1 Å². The number of aliphatic imine (C=N–C) groups is 1. The van der Waals surface area contributed by atoms with Gasteiger partial charge in [0.1, 0.15) is 0 Å². The molecular weight excluding hydrogens is 427 g/mol. The Bertz CT molecular complexity index is 935. The van der Waals surface area contributed by atoms with E-state index in [2.05, 4.69) is 38.3 Å². The predicted molar refractivity (Wildman–Crippen MR) is 135 cm³/mol. The van der Waals surface area contributed by atoms with Crippen LogP contribution in [0, 0.1) is 0 Å². The van der Waals surface area contributed by atoms with Crippen LogP contribution in [0.3, 0.4) is 0 Å². The van der Waals surface area contributed by atoms with Crippen LogP contribution in [0.25, 0.3) is 0 Å². The molecule has 1 aromatic rings. The summed E-state index contributed by atoms with van der Waals surface area (Å²) < 4.78 is 0. The van der Waals surface area contributed by atoms with E-state index in [4.69, 9.17) is 33.9 Å². The normalized spacial score (nSPS) is 21.6. The minimum absolute atomic E-state index is 0.115. The number of hydrogen-bond donors (Lipinski definition) is 1. The molecule has 166 valence electrons. The average molecular weight is 459 g/mol. The van der Waals surface area contributed by atoms with Crippen LogP contribution in [0.2, 0.25) is 5.02 Å². The van der Waals surface area contributed by atoms with Gasteiger partial charge in [-0.25, -0.2) is 0 Å². The molecule has 0 radical (unpaired) electrons. The van der Waals surface area contributed by atoms with E-state index in [1.165, 1.54) is 0 Å². The topological polar surface area (TPSA) is 44.9 Å². The summed E-state index contributed by atoms with van der Waals surface area (Å²) in [7, 11) is 3.96. The van der Waals surface area contributed by atoms with Gasteiger partial charge in [-0.3, -0.25) is 4.99 Å². The fourth-order valence-electron chi connectivity index (χ4n) is 3.52. The molecule has 0 aromatic heterocycles. The predicted octanol–water partition coefficient (Wildman–Crippen LogP) is 6.39. The molecular formula is C25H32Cl2N4. The third-order valence-corrected chi connectivity index (χ3v) is 5.14. The molecule has 1 unspecified atom stereocenters. The zero-order chi connectivity index (χ0) is 23.1. The zero-order valence-corrected chi connectivity index (χ0v) is 20.5. The molecule has 1 aliphatic heterocycles. The Kier molecular flexibility index (Phi) is 9.02. The number of benzene rings is 1. The quantitative estimate of drug-likeness (QED) is 0.481. The molecule has 1 fully saturated rings. The van der Waals surface area contributed by atoms with Crippen LogP contribution in [0.4, 0.5) is 0 Å². The van der Waals surface area contributed by atoms with Gasteiger partial charge in [0.05, 0.1) is 23.1 Å². The van der Waals surface area contributed by atoms with Gasteiger partial charge in [-0.2, -0.15) is 0 Å². The minimum atomic E-state index is -0.172. The summed E-state index contributed by atoms with van der Waals surface area (Å²) in [4.78, 5) is 9.18. The molecule has 31 heavy (non-hydrogen) atoms. The van der Waals surface area contributed by atoms with Crippen LogP contribution in [0.1, 0.15) is 38.8 Å². The summed E-state index contributed by atoms with van der Waals surface area (Å²) in [5, 5.41) is 1.23. The van der Waals surface area contributed by atoms with E-state index in [9.17, 15) is 0 Å². The first kappa shape index (κ1) is 24.8. The molecule has 0 amide bonds. The van der Waals surface area contributed by atoms with Crippen LogP contribution in [0.5, 0.6) is 0 Å². The first-order valence-corrected chi connectivity index (χ1v) is 11.1. The van der Waals surface area contributed by atoms with Gasteiger partial charge in [-0.05, 0) is 44.0 Å². The molecule has 0 saturated carbocycles. The molecule has 1 aromatic carbocycles. The highest BCUT2D eigenvalue weighted by molar-refractivity contribution is 6.31. The van der Waals surface area contributed by atoms with Crippen LogP contribution in [-0.4, -0.2) is 35.6 Å². The van der Waals surface area contributed by atoms with E-state index in [0.717, 1.165) is 34.7 Å². The van der Waals surface area contributed by atoms with E-state index in [1.807, 2.05) is 55.5 Å². The minimum Gasteiger partial charge on any atom is -0.404 e. The Morgan fingerprint density at radius 1 is 1.29 bits per heavy atom. The molecule has 1 heterocycles. The lowest BCUT2D eigenvalue weighted by Crippen LogP contribution is -2.23. The molecule has 2 rings (SSSR count). The highest BCUT2D eigenvalue weighted by Crippen LogP contribution is 2.44. The smallest absolute Gasteiger partial charge is 0.0882 e. The third kappa shape index (κ3) is 6.05. The Hall–Kier alpha value is -2.43. The molecule has 6 heteroatoms. The number of nitrogens with zero attached hydrogens (tertiary/aromatic N) is 3. The number of halogens is 2. The lowest BCUT2D eigenvalue weighted by molar-refractivity contribution is 0.397. The van der Waals surface area contributed by atoms with Gasteiger partial charge in [0.2, 0.25) is 0 Å². The van der Waals surface area contributed by atoms with Gasteiger partial charge < -0.3 is 15.5 Å². The van der Waals surface area contributed by atoms with Crippen molar-refractivity contribution in [3.8, 4) is 0 Å². The molecule has 1 atom stereocenters. The van der Waals surface area contributed by atoms with E-state index < -0.39 is 0 Å². The van der Waals surface area contributed by atoms with E-state index in [0.29, 0.717) is 10.1 Å². The first-order chi connectivity index (χ1) is 14.7. The lowest BCUT2D eigenvalue weighted by atomic mass is 9.98. The Labute approximate surface area is 196 Å². The van der Waals surface area contributed by atoms with Crippen molar-refractivity contribution >= 4 is 28.9 Å². The largest absolute Gasteiger partial charge is 0.404 e. The summed E-state index contributed by atoms with van der Waals surface area (Å²) in [6.07, 6.45) is 10.3. The number of rotatable bonds is 7. The SMILES string of the molecule is C=C/C(Cl)=C\C(=C/N(C)C)N1/C(=C\CC)C(=NC(C)C)C(=CN)C1c1ccc(Cl)cc1. The monoisotopic (exact) mass is 458 g/mol. The number of hydrogen-bond acceptors (Lipinski definition) is 4. The Morgan fingerprint density at radius 3 is 2.42 bits per heavy atom. The maximum absolute atomic E-state index is 6.40. The van der Waals surface area contributed by atoms with Crippen LogP contribution in [-0.2, 0) is 0 Å². The summed E-state index contributed by atoms with van der Waals surface area (Å²) >= 11 is 12.6. The van der Waals surface area contributed by atoms with Gasteiger partial charge in [0.25, 0.3) is 0 Å². The van der Waals surface area contributed by atoms with Crippen molar-refractivity contribution in [3.63, 3.8) is 0 Å². The zero-order valence-electron chi connectivity index (χ0n) is 18.9. The highest BCUT2D eigenvalue weighted by Gasteiger charge is 2.40. The standard InChI is InChI=1S/C25H32Cl2N4/c1-7-9-23-24(29-17(3)4)22(15-28)25(18-10-12-20(27)13-11-18)31(23)21(16-30(5)6)14-19(26)8-2/h8-17,25H,2,7,28H2,1,3-6H3/b19-14+,21-16+,22-15?,23-9-,29-24?. The lowest BCUT2D eigenvalue weighted by Gasteiger charge is -2.30. The number of nitrogens with two attached hydrogens (primary N) is 1. The van der Waals surface area contributed by atoms with Crippen molar-refractivity contribution in [2.75, 3.05) is 14.1 Å². The van der Waals surface area contributed by atoms with Gasteiger partial charge in [-0.15, -0.1) is 0 Å². The first-order valence-electron chi connectivity index (χ1n) is 10.4. The molecule has 1 saturated heterocycles. The summed E-state index contributed by atoms with van der Waals surface area (Å²) in [5.74, 6) is 0. The molecule has 4 nitrogen and oxygen atoms in total. The maximum atomic E-state index is 6.40. The van der Waals surface area contributed by atoms with E-state index >= 15 is 0 Å². The van der Waals surface area contributed by atoms with Crippen molar-refractivity contribution in [1.29, 1.82) is 0 Å². The van der Waals surface area contributed by atoms with E-state index in [1.54, 1.807) is 12.3 Å². The molecule has 0 bridgehead atoms. The highest BCUT2D eigenvalue weighted by atomic mass is 35.5. The molecule has 0 aliphatic carbocycles. The maximum Gasteiger partial charge on any atom is 0.0882 e. The third-order valence-electron chi connectivity index (χ3n) is 4.63. The molecule has 2 N–H and O–H groups in total. The summed E-state index contributed by atoms with van der Waals surface area (Å²) in [6, 6.07) is 7.78. The van der Waals surface area contributed by atoms with Gasteiger partial charge in [-0.1, -0.05) is 61.0 Å². The number of allylic oxidation sites excluding steroid dienone is 5. The second kappa shape index (κ2) is 11.3. The van der Waals surface area contributed by atoms with Crippen molar-refractivity contribution < 1.29 is 0 Å². The van der Waals surface area contributed by atoms with Crippen LogP contribution in [0.15, 0.2) is 88.5 Å². The molecule has 1 aliphatic rings. The van der Waals surface area contributed by atoms with Crippen molar-refractivity contribution in [1.82, 2.24) is 9.80 Å². The number of likely N-dealkylation sites (tertiary alicyclic amines) is 1. The Morgan fingerprint density at radius 2 is 1.94 bits per heavy atom. The van der Waals surface area contributed by atoms with Crippen molar-refractivity contribution in [2.45, 2.75) is 39.3 Å². The average Bonchev–Trinajstić information content (AvgIpc) is 3.00. The van der Waals surface area contributed by atoms with Gasteiger partial charge in [0, 0.05) is 48.2 Å². The fourth-order valence-corrected chi connectivity index (χ4v) is 3.76. The van der Waals surface area contributed by atoms with Crippen molar-refractivity contribution in [3.05, 3.63) is 94.1 Å². The van der Waals surface area contributed by atoms with Gasteiger partial charge >= 0.3 is 0 Å². The van der Waals surface area contributed by atoms with Crippen LogP contribution < -0.4 is 5.73 Å². The van der Waals surface area contributed by atoms with Gasteiger partial charge in [0.15, 0.2) is 0 Å². The fraction of sp³-hybridized carbons (Fsp3) is 0.320. The molecule has 0 spiro atoms. The second-order valence-electron chi connectivity index (χ2n) is 7.77. The second-order valence-corrected chi connectivity index (χ2v) is 8.64. The van der Waals surface area contributed by atoms with Crippen LogP contribution >= 0.6 is 23.2 Å². The summed E-state index contributed by atoms with van der Waals surface area (Å²) in [6.45, 7) is 10.0. The summed E-state index contributed by atoms with van der Waals surface area (Å²) in [5.41, 5.74) is 11.0. The van der Waals surface area contributed by atoms with Crippen molar-refractivity contribution in [2.24, 2.45) is 10.7 Å².